The Hall–Kier alpha value is -3.34. The maximum absolute atomic E-state index is 13.4. The number of amides is 2. The summed E-state index contributed by atoms with van der Waals surface area (Å²) in [7, 11) is 0. The first-order valence-electron chi connectivity index (χ1n) is 13.0. The molecule has 1 aromatic heterocycles. The van der Waals surface area contributed by atoms with Gasteiger partial charge in [-0.15, -0.1) is 10.2 Å². The van der Waals surface area contributed by atoms with Crippen LogP contribution in [0, 0.1) is 5.92 Å². The van der Waals surface area contributed by atoms with E-state index in [1.807, 2.05) is 56.0 Å². The predicted octanol–water partition coefficient (Wildman–Crippen LogP) is 5.54. The van der Waals surface area contributed by atoms with Crippen molar-refractivity contribution in [3.05, 3.63) is 60.2 Å². The van der Waals surface area contributed by atoms with Gasteiger partial charge in [-0.25, -0.2) is 0 Å². The zero-order valence-corrected chi connectivity index (χ0v) is 23.0. The first-order chi connectivity index (χ1) is 18.6. The number of hydrogen-bond donors (Lipinski definition) is 0. The van der Waals surface area contributed by atoms with E-state index in [0.717, 1.165) is 17.7 Å². The number of hydrogen-bond acceptors (Lipinski definition) is 5. The van der Waals surface area contributed by atoms with Crippen LogP contribution in [0.3, 0.4) is 0 Å². The SMILES string of the molecule is CC(C)C(=O)N1CCN(C(=O)CCCSc2nnc(-c3ccccc3)n2-c2cccc(C(F)(F)F)c2)CC1C. The summed E-state index contributed by atoms with van der Waals surface area (Å²) < 4.78 is 41.9. The van der Waals surface area contributed by atoms with Gasteiger partial charge in [0.25, 0.3) is 0 Å². The summed E-state index contributed by atoms with van der Waals surface area (Å²) in [6, 6.07) is 14.2. The highest BCUT2D eigenvalue weighted by atomic mass is 32.2. The fraction of sp³-hybridized carbons (Fsp3) is 0.429. The molecular formula is C28H32F3N5O2S. The molecule has 1 saturated heterocycles. The maximum Gasteiger partial charge on any atom is 0.416 e. The van der Waals surface area contributed by atoms with Crippen molar-refractivity contribution in [2.45, 2.75) is 51.0 Å². The third kappa shape index (κ3) is 6.81. The monoisotopic (exact) mass is 559 g/mol. The molecule has 11 heteroatoms. The number of aromatic nitrogens is 3. The van der Waals surface area contributed by atoms with Crippen LogP contribution < -0.4 is 0 Å². The minimum absolute atomic E-state index is 0.0309. The lowest BCUT2D eigenvalue weighted by Gasteiger charge is -2.40. The fourth-order valence-corrected chi connectivity index (χ4v) is 5.47. The van der Waals surface area contributed by atoms with E-state index in [-0.39, 0.29) is 23.8 Å². The first-order valence-corrected chi connectivity index (χ1v) is 13.9. The Kier molecular flexibility index (Phi) is 8.99. The second kappa shape index (κ2) is 12.2. The molecule has 0 N–H and O–H groups in total. The van der Waals surface area contributed by atoms with E-state index in [2.05, 4.69) is 10.2 Å². The molecule has 1 unspecified atom stereocenters. The molecule has 0 aliphatic carbocycles. The number of carbonyl (C=O) groups excluding carboxylic acids is 2. The van der Waals surface area contributed by atoms with Crippen molar-refractivity contribution in [3.8, 4) is 17.1 Å². The second-order valence-electron chi connectivity index (χ2n) is 9.88. The summed E-state index contributed by atoms with van der Waals surface area (Å²) in [5, 5.41) is 9.02. The lowest BCUT2D eigenvalue weighted by Crippen LogP contribution is -2.56. The van der Waals surface area contributed by atoms with Gasteiger partial charge in [0, 0.05) is 49.3 Å². The van der Waals surface area contributed by atoms with Gasteiger partial charge in [-0.2, -0.15) is 13.2 Å². The molecule has 2 aromatic carbocycles. The molecule has 0 bridgehead atoms. The van der Waals surface area contributed by atoms with Crippen molar-refractivity contribution in [3.63, 3.8) is 0 Å². The number of piperazine rings is 1. The average Bonchev–Trinajstić information content (AvgIpc) is 3.34. The lowest BCUT2D eigenvalue weighted by molar-refractivity contribution is -0.144. The number of benzene rings is 2. The van der Waals surface area contributed by atoms with Crippen molar-refractivity contribution in [2.24, 2.45) is 5.92 Å². The first kappa shape index (κ1) is 28.7. The number of halogens is 3. The molecule has 1 aliphatic rings. The third-order valence-corrected chi connectivity index (χ3v) is 7.64. The second-order valence-corrected chi connectivity index (χ2v) is 10.9. The van der Waals surface area contributed by atoms with Gasteiger partial charge in [0.1, 0.15) is 0 Å². The predicted molar refractivity (Wildman–Crippen MR) is 144 cm³/mol. The Labute approximate surface area is 230 Å². The van der Waals surface area contributed by atoms with Gasteiger partial charge in [0.15, 0.2) is 11.0 Å². The molecule has 7 nitrogen and oxygen atoms in total. The molecule has 4 rings (SSSR count). The minimum Gasteiger partial charge on any atom is -0.339 e. The summed E-state index contributed by atoms with van der Waals surface area (Å²) in [6.45, 7) is 7.26. The van der Waals surface area contributed by atoms with E-state index in [1.54, 1.807) is 15.5 Å². The van der Waals surface area contributed by atoms with Gasteiger partial charge in [0.2, 0.25) is 11.8 Å². The number of carbonyl (C=O) groups is 2. The zero-order valence-electron chi connectivity index (χ0n) is 22.2. The van der Waals surface area contributed by atoms with Gasteiger partial charge in [-0.05, 0) is 31.5 Å². The molecule has 0 spiro atoms. The van der Waals surface area contributed by atoms with Crippen molar-refractivity contribution < 1.29 is 22.8 Å². The highest BCUT2D eigenvalue weighted by Crippen LogP contribution is 2.33. The van der Waals surface area contributed by atoms with Crippen molar-refractivity contribution >= 4 is 23.6 Å². The van der Waals surface area contributed by atoms with Crippen LogP contribution in [0.2, 0.25) is 0 Å². The van der Waals surface area contributed by atoms with Crippen molar-refractivity contribution in [2.75, 3.05) is 25.4 Å². The highest BCUT2D eigenvalue weighted by molar-refractivity contribution is 7.99. The fourth-order valence-electron chi connectivity index (χ4n) is 4.58. The summed E-state index contributed by atoms with van der Waals surface area (Å²) in [4.78, 5) is 28.9. The molecule has 3 aromatic rings. The molecule has 2 amide bonds. The molecule has 39 heavy (non-hydrogen) atoms. The zero-order chi connectivity index (χ0) is 28.2. The van der Waals surface area contributed by atoms with Gasteiger partial charge in [-0.3, -0.25) is 14.2 Å². The smallest absolute Gasteiger partial charge is 0.339 e. The van der Waals surface area contributed by atoms with Crippen molar-refractivity contribution in [1.82, 2.24) is 24.6 Å². The van der Waals surface area contributed by atoms with E-state index >= 15 is 0 Å². The molecule has 1 fully saturated rings. The number of thioether (sulfide) groups is 1. The van der Waals surface area contributed by atoms with Gasteiger partial charge < -0.3 is 9.80 Å². The Morgan fingerprint density at radius 2 is 1.79 bits per heavy atom. The van der Waals surface area contributed by atoms with Crippen LogP contribution in [0.4, 0.5) is 13.2 Å². The lowest BCUT2D eigenvalue weighted by atomic mass is 10.1. The maximum atomic E-state index is 13.4. The van der Waals surface area contributed by atoms with Crippen LogP contribution in [-0.2, 0) is 15.8 Å². The Morgan fingerprint density at radius 1 is 1.05 bits per heavy atom. The molecular weight excluding hydrogens is 527 g/mol. The van der Waals surface area contributed by atoms with Crippen LogP contribution in [0.25, 0.3) is 17.1 Å². The summed E-state index contributed by atoms with van der Waals surface area (Å²) in [6.07, 6.45) is -3.57. The molecule has 0 saturated carbocycles. The van der Waals surface area contributed by atoms with Crippen LogP contribution in [-0.4, -0.2) is 67.8 Å². The van der Waals surface area contributed by atoms with Gasteiger partial charge >= 0.3 is 6.18 Å². The van der Waals surface area contributed by atoms with E-state index in [0.29, 0.717) is 54.9 Å². The van der Waals surface area contributed by atoms with E-state index in [4.69, 9.17) is 0 Å². The summed E-state index contributed by atoms with van der Waals surface area (Å²) in [5.41, 5.74) is 0.294. The quantitative estimate of drug-likeness (QED) is 0.268. The van der Waals surface area contributed by atoms with E-state index in [1.165, 1.54) is 17.8 Å². The Bertz CT molecular complexity index is 1300. The normalized spacial score (nSPS) is 16.1. The number of rotatable bonds is 8. The van der Waals surface area contributed by atoms with E-state index < -0.39 is 11.7 Å². The molecule has 2 heterocycles. The van der Waals surface area contributed by atoms with Crippen LogP contribution in [0.15, 0.2) is 59.8 Å². The standard InChI is InChI=1S/C28H32F3N5O2S/c1-19(2)26(38)35-15-14-34(18-20(35)3)24(37)13-8-16-39-27-33-32-25(21-9-5-4-6-10-21)36(27)23-12-7-11-22(17-23)28(29,30)31/h4-7,9-12,17,19-20H,8,13-16,18H2,1-3H3. The Morgan fingerprint density at radius 3 is 2.46 bits per heavy atom. The molecule has 1 aliphatic heterocycles. The molecule has 1 atom stereocenters. The molecule has 0 radical (unpaired) electrons. The van der Waals surface area contributed by atoms with Crippen LogP contribution in [0.5, 0.6) is 0 Å². The summed E-state index contributed by atoms with van der Waals surface area (Å²) in [5.74, 6) is 1.04. The number of alkyl halides is 3. The largest absolute Gasteiger partial charge is 0.416 e. The number of nitrogens with zero attached hydrogens (tertiary/aromatic N) is 5. The van der Waals surface area contributed by atoms with E-state index in [9.17, 15) is 22.8 Å². The Balaban J connectivity index is 1.43. The van der Waals surface area contributed by atoms with Crippen LogP contribution in [0.1, 0.15) is 39.2 Å². The van der Waals surface area contributed by atoms with Gasteiger partial charge in [0.05, 0.1) is 11.3 Å². The minimum atomic E-state index is -4.48. The summed E-state index contributed by atoms with van der Waals surface area (Å²) >= 11 is 1.35. The topological polar surface area (TPSA) is 71.3 Å². The highest BCUT2D eigenvalue weighted by Gasteiger charge is 2.32. The molecule has 208 valence electrons. The third-order valence-electron chi connectivity index (χ3n) is 6.62. The van der Waals surface area contributed by atoms with Crippen molar-refractivity contribution in [1.29, 1.82) is 0 Å². The van der Waals surface area contributed by atoms with Gasteiger partial charge in [-0.1, -0.05) is 62.0 Å². The van der Waals surface area contributed by atoms with Crippen LogP contribution >= 0.6 is 11.8 Å². The average molecular weight is 560 g/mol.